The molecule has 1 heterocycles. The van der Waals surface area contributed by atoms with Gasteiger partial charge in [-0.3, -0.25) is 0 Å². The Morgan fingerprint density at radius 1 is 1.35 bits per heavy atom. The van der Waals surface area contributed by atoms with Crippen molar-refractivity contribution in [2.75, 3.05) is 36.5 Å². The maximum Gasteiger partial charge on any atom is 0.0944 e. The van der Waals surface area contributed by atoms with Crippen molar-refractivity contribution >= 4 is 11.4 Å². The molecular formula is C13H18N4. The van der Waals surface area contributed by atoms with Crippen molar-refractivity contribution in [1.29, 1.82) is 5.26 Å². The monoisotopic (exact) mass is 230 g/mol. The molecule has 0 saturated heterocycles. The number of nitrogens with zero attached hydrogens (tertiary/aromatic N) is 3. The largest absolute Gasteiger partial charge is 0.371 e. The summed E-state index contributed by atoms with van der Waals surface area (Å²) in [6.45, 7) is 2.85. The second kappa shape index (κ2) is 5.07. The number of hydrogen-bond donors (Lipinski definition) is 1. The zero-order chi connectivity index (χ0) is 12.3. The minimum atomic E-state index is -0.359. The molecule has 0 saturated carbocycles. The maximum atomic E-state index is 8.70. The van der Waals surface area contributed by atoms with E-state index in [1.54, 1.807) is 0 Å². The third-order valence-electron chi connectivity index (χ3n) is 3.21. The van der Waals surface area contributed by atoms with Crippen LogP contribution < -0.4 is 15.5 Å². The summed E-state index contributed by atoms with van der Waals surface area (Å²) in [5, 5.41) is 8.70. The van der Waals surface area contributed by atoms with E-state index in [4.69, 9.17) is 11.0 Å². The molecule has 1 unspecified atom stereocenters. The fourth-order valence-electron chi connectivity index (χ4n) is 2.16. The number of anilines is 2. The van der Waals surface area contributed by atoms with Gasteiger partial charge in [-0.2, -0.15) is 5.26 Å². The minimum absolute atomic E-state index is 0.359. The van der Waals surface area contributed by atoms with Crippen LogP contribution in [0, 0.1) is 11.3 Å². The van der Waals surface area contributed by atoms with Gasteiger partial charge in [-0.1, -0.05) is 12.1 Å². The van der Waals surface area contributed by atoms with Gasteiger partial charge in [-0.15, -0.1) is 0 Å². The van der Waals surface area contributed by atoms with Crippen molar-refractivity contribution in [2.45, 2.75) is 12.5 Å². The van der Waals surface area contributed by atoms with Crippen LogP contribution in [0.4, 0.5) is 11.4 Å². The first kappa shape index (κ1) is 11.7. The molecule has 4 heteroatoms. The van der Waals surface area contributed by atoms with E-state index in [9.17, 15) is 0 Å². The van der Waals surface area contributed by atoms with Crippen LogP contribution in [0.5, 0.6) is 0 Å². The average molecular weight is 230 g/mol. The highest BCUT2D eigenvalue weighted by Crippen LogP contribution is 2.31. The molecule has 1 aliphatic rings. The molecule has 1 aliphatic heterocycles. The Morgan fingerprint density at radius 3 is 2.76 bits per heavy atom. The lowest BCUT2D eigenvalue weighted by Crippen LogP contribution is -2.40. The molecule has 1 aromatic rings. The molecular weight excluding hydrogens is 212 g/mol. The Labute approximate surface area is 102 Å². The van der Waals surface area contributed by atoms with E-state index in [2.05, 4.69) is 47.2 Å². The molecule has 0 fully saturated rings. The molecule has 0 aliphatic carbocycles. The molecule has 17 heavy (non-hydrogen) atoms. The Bertz CT molecular complexity index is 424. The maximum absolute atomic E-state index is 8.70. The van der Waals surface area contributed by atoms with E-state index in [0.29, 0.717) is 6.42 Å². The average Bonchev–Trinajstić information content (AvgIpc) is 2.38. The smallest absolute Gasteiger partial charge is 0.0944 e. The van der Waals surface area contributed by atoms with Gasteiger partial charge in [0.15, 0.2) is 0 Å². The standard InChI is InChI=1S/C13H18N4/c1-16-8-9-17(7-6-11(15)10-14)13-5-3-2-4-12(13)16/h2-5,11H,6-9,15H2,1H3. The molecule has 0 bridgehead atoms. The summed E-state index contributed by atoms with van der Waals surface area (Å²) in [6.07, 6.45) is 0.717. The fourth-order valence-corrected chi connectivity index (χ4v) is 2.16. The lowest BCUT2D eigenvalue weighted by atomic mass is 10.1. The van der Waals surface area contributed by atoms with Gasteiger partial charge in [0.25, 0.3) is 0 Å². The van der Waals surface area contributed by atoms with Gasteiger partial charge in [0, 0.05) is 26.7 Å². The van der Waals surface area contributed by atoms with Crippen LogP contribution in [0.15, 0.2) is 24.3 Å². The Hall–Kier alpha value is -1.73. The van der Waals surface area contributed by atoms with Gasteiger partial charge in [0.05, 0.1) is 23.5 Å². The molecule has 2 rings (SSSR count). The van der Waals surface area contributed by atoms with Gasteiger partial charge in [-0.25, -0.2) is 0 Å². The molecule has 0 radical (unpaired) electrons. The van der Waals surface area contributed by atoms with Gasteiger partial charge < -0.3 is 15.5 Å². The van der Waals surface area contributed by atoms with Crippen LogP contribution in [0.3, 0.4) is 0 Å². The summed E-state index contributed by atoms with van der Waals surface area (Å²) in [5.74, 6) is 0. The third-order valence-corrected chi connectivity index (χ3v) is 3.21. The predicted molar refractivity (Wildman–Crippen MR) is 70.1 cm³/mol. The van der Waals surface area contributed by atoms with Crippen molar-refractivity contribution < 1.29 is 0 Å². The summed E-state index contributed by atoms with van der Waals surface area (Å²) in [6, 6.07) is 10.1. The first-order valence-electron chi connectivity index (χ1n) is 5.92. The van der Waals surface area contributed by atoms with Crippen molar-refractivity contribution in [3.05, 3.63) is 24.3 Å². The van der Waals surface area contributed by atoms with E-state index in [0.717, 1.165) is 19.6 Å². The van der Waals surface area contributed by atoms with Crippen LogP contribution >= 0.6 is 0 Å². The van der Waals surface area contributed by atoms with Gasteiger partial charge in [-0.05, 0) is 18.6 Å². The zero-order valence-corrected chi connectivity index (χ0v) is 10.1. The summed E-state index contributed by atoms with van der Waals surface area (Å²) < 4.78 is 0. The number of nitrogens with two attached hydrogens (primary N) is 1. The van der Waals surface area contributed by atoms with Crippen LogP contribution in [0.1, 0.15) is 6.42 Å². The minimum Gasteiger partial charge on any atom is -0.371 e. The Kier molecular flexibility index (Phi) is 3.50. The SMILES string of the molecule is CN1CCN(CCC(N)C#N)c2ccccc21. The van der Waals surface area contributed by atoms with Crippen molar-refractivity contribution in [1.82, 2.24) is 0 Å². The molecule has 4 nitrogen and oxygen atoms in total. The first-order valence-corrected chi connectivity index (χ1v) is 5.92. The summed E-state index contributed by atoms with van der Waals surface area (Å²) >= 11 is 0. The number of hydrogen-bond acceptors (Lipinski definition) is 4. The molecule has 1 aromatic carbocycles. The van der Waals surface area contributed by atoms with E-state index in [1.165, 1.54) is 11.4 Å². The van der Waals surface area contributed by atoms with E-state index < -0.39 is 0 Å². The fraction of sp³-hybridized carbons (Fsp3) is 0.462. The van der Waals surface area contributed by atoms with Crippen LogP contribution in [-0.2, 0) is 0 Å². The van der Waals surface area contributed by atoms with Crippen LogP contribution in [0.2, 0.25) is 0 Å². The van der Waals surface area contributed by atoms with Gasteiger partial charge in [0.1, 0.15) is 0 Å². The van der Waals surface area contributed by atoms with E-state index >= 15 is 0 Å². The predicted octanol–water partition coefficient (Wildman–Crippen LogP) is 1.18. The highest BCUT2D eigenvalue weighted by molar-refractivity contribution is 5.73. The zero-order valence-electron chi connectivity index (χ0n) is 10.1. The highest BCUT2D eigenvalue weighted by atomic mass is 15.2. The normalized spacial score (nSPS) is 16.3. The quantitative estimate of drug-likeness (QED) is 0.847. The lowest BCUT2D eigenvalue weighted by Gasteiger charge is -2.37. The number of benzene rings is 1. The second-order valence-electron chi connectivity index (χ2n) is 4.42. The number of para-hydroxylation sites is 2. The van der Waals surface area contributed by atoms with Gasteiger partial charge >= 0.3 is 0 Å². The number of fused-ring (bicyclic) bond motifs is 1. The molecule has 2 N–H and O–H groups in total. The molecule has 0 aromatic heterocycles. The topological polar surface area (TPSA) is 56.3 Å². The van der Waals surface area contributed by atoms with Crippen molar-refractivity contribution in [3.8, 4) is 6.07 Å². The first-order chi connectivity index (χ1) is 8.22. The molecule has 90 valence electrons. The Balaban J connectivity index is 2.11. The number of likely N-dealkylation sites (N-methyl/N-ethyl adjacent to an activating group) is 1. The number of rotatable bonds is 3. The molecule has 1 atom stereocenters. The molecule has 0 amide bonds. The Morgan fingerprint density at radius 2 is 2.06 bits per heavy atom. The number of nitriles is 1. The van der Waals surface area contributed by atoms with Crippen LogP contribution in [0.25, 0.3) is 0 Å². The van der Waals surface area contributed by atoms with Gasteiger partial charge in [0.2, 0.25) is 0 Å². The summed E-state index contributed by atoms with van der Waals surface area (Å²) in [4.78, 5) is 4.57. The van der Waals surface area contributed by atoms with Crippen molar-refractivity contribution in [2.24, 2.45) is 5.73 Å². The third kappa shape index (κ3) is 2.51. The van der Waals surface area contributed by atoms with Crippen molar-refractivity contribution in [3.63, 3.8) is 0 Å². The highest BCUT2D eigenvalue weighted by Gasteiger charge is 2.19. The summed E-state index contributed by atoms with van der Waals surface area (Å²) in [5.41, 5.74) is 8.14. The van der Waals surface area contributed by atoms with E-state index in [-0.39, 0.29) is 6.04 Å². The second-order valence-corrected chi connectivity index (χ2v) is 4.42. The molecule has 0 spiro atoms. The van der Waals surface area contributed by atoms with Crippen LogP contribution in [-0.4, -0.2) is 32.7 Å². The van der Waals surface area contributed by atoms with E-state index in [1.807, 2.05) is 0 Å². The summed E-state index contributed by atoms with van der Waals surface area (Å²) in [7, 11) is 2.11. The lowest BCUT2D eigenvalue weighted by molar-refractivity contribution is 0.663.